The Kier molecular flexibility index (Phi) is 4.19. The monoisotopic (exact) mass is 272 g/mol. The zero-order chi connectivity index (χ0) is 13.1. The number of nitrogens with one attached hydrogen (secondary N) is 1. The van der Waals surface area contributed by atoms with Crippen molar-refractivity contribution in [2.75, 3.05) is 12.4 Å². The molecule has 0 bridgehead atoms. The van der Waals surface area contributed by atoms with Crippen molar-refractivity contribution in [3.63, 3.8) is 0 Å². The minimum atomic E-state index is 0.0481. The van der Waals surface area contributed by atoms with Gasteiger partial charge in [0.15, 0.2) is 0 Å². The number of hydrogen-bond acceptors (Lipinski definition) is 6. The second-order valence-corrected chi connectivity index (χ2v) is 4.77. The lowest BCUT2D eigenvalue weighted by Crippen LogP contribution is -2.36. The van der Waals surface area contributed by atoms with Crippen molar-refractivity contribution in [1.29, 1.82) is 0 Å². The van der Waals surface area contributed by atoms with Crippen LogP contribution in [-0.2, 0) is 4.74 Å². The van der Waals surface area contributed by atoms with E-state index in [1.54, 1.807) is 7.05 Å². The van der Waals surface area contributed by atoms with E-state index in [4.69, 9.17) is 21.1 Å². The molecule has 2 rings (SSSR count). The molecule has 18 heavy (non-hydrogen) atoms. The summed E-state index contributed by atoms with van der Waals surface area (Å²) < 4.78 is 11.4. The van der Waals surface area contributed by atoms with Gasteiger partial charge in [0.05, 0.1) is 12.2 Å². The predicted octanol–water partition coefficient (Wildman–Crippen LogP) is 1.90. The molecule has 7 heteroatoms. The Balaban J connectivity index is 2.06. The molecule has 2 unspecified atom stereocenters. The maximum atomic E-state index is 5.80. The second kappa shape index (κ2) is 5.67. The summed E-state index contributed by atoms with van der Waals surface area (Å²) in [6.07, 6.45) is 2.05. The molecule has 0 radical (unpaired) electrons. The smallest absolute Gasteiger partial charge is 0.322 e. The zero-order valence-corrected chi connectivity index (χ0v) is 11.4. The van der Waals surface area contributed by atoms with E-state index in [-0.39, 0.29) is 29.6 Å². The van der Waals surface area contributed by atoms with Crippen LogP contribution in [0.25, 0.3) is 0 Å². The molecular weight excluding hydrogens is 256 g/mol. The molecule has 1 aromatic heterocycles. The Morgan fingerprint density at radius 3 is 2.50 bits per heavy atom. The normalized spacial score (nSPS) is 27.9. The zero-order valence-electron chi connectivity index (χ0n) is 10.7. The SMILES string of the molecule is CNc1nc(Cl)nc(OC2CC(C)OC(C)C2)n1. The molecule has 6 nitrogen and oxygen atoms in total. The van der Waals surface area contributed by atoms with Crippen LogP contribution in [0.1, 0.15) is 26.7 Å². The highest BCUT2D eigenvalue weighted by molar-refractivity contribution is 6.28. The summed E-state index contributed by atoms with van der Waals surface area (Å²) in [5, 5.41) is 2.93. The lowest BCUT2D eigenvalue weighted by molar-refractivity contribution is -0.0738. The van der Waals surface area contributed by atoms with Crippen molar-refractivity contribution < 1.29 is 9.47 Å². The lowest BCUT2D eigenvalue weighted by Gasteiger charge is -2.31. The Hall–Kier alpha value is -1.14. The van der Waals surface area contributed by atoms with Gasteiger partial charge in [-0.05, 0) is 25.4 Å². The molecule has 1 aliphatic heterocycles. The Morgan fingerprint density at radius 1 is 1.22 bits per heavy atom. The van der Waals surface area contributed by atoms with Crippen LogP contribution in [0.15, 0.2) is 0 Å². The average molecular weight is 273 g/mol. The molecule has 0 aliphatic carbocycles. The van der Waals surface area contributed by atoms with Gasteiger partial charge in [0.1, 0.15) is 6.10 Å². The van der Waals surface area contributed by atoms with Crippen LogP contribution in [0.4, 0.5) is 5.95 Å². The van der Waals surface area contributed by atoms with E-state index in [0.717, 1.165) is 12.8 Å². The number of rotatable bonds is 3. The van der Waals surface area contributed by atoms with Crippen molar-refractivity contribution in [2.24, 2.45) is 0 Å². The van der Waals surface area contributed by atoms with Gasteiger partial charge in [-0.3, -0.25) is 0 Å². The van der Waals surface area contributed by atoms with Crippen LogP contribution in [0.3, 0.4) is 0 Å². The lowest BCUT2D eigenvalue weighted by atomic mass is 10.0. The number of ether oxygens (including phenoxy) is 2. The van der Waals surface area contributed by atoms with Gasteiger partial charge < -0.3 is 14.8 Å². The molecule has 0 amide bonds. The van der Waals surface area contributed by atoms with E-state index < -0.39 is 0 Å². The van der Waals surface area contributed by atoms with Gasteiger partial charge in [0.2, 0.25) is 11.2 Å². The highest BCUT2D eigenvalue weighted by atomic mass is 35.5. The highest BCUT2D eigenvalue weighted by Gasteiger charge is 2.26. The number of hydrogen-bond donors (Lipinski definition) is 1. The Labute approximate surface area is 111 Å². The molecular formula is C11H17ClN4O2. The summed E-state index contributed by atoms with van der Waals surface area (Å²) in [4.78, 5) is 12.0. The maximum Gasteiger partial charge on any atom is 0.322 e. The minimum Gasteiger partial charge on any atom is -0.460 e. The van der Waals surface area contributed by atoms with E-state index in [1.807, 2.05) is 13.8 Å². The summed E-state index contributed by atoms with van der Waals surface area (Å²) in [6.45, 7) is 4.07. The molecule has 100 valence electrons. The third-order valence-corrected chi connectivity index (χ3v) is 2.91. The van der Waals surface area contributed by atoms with Gasteiger partial charge in [0.25, 0.3) is 0 Å². The second-order valence-electron chi connectivity index (χ2n) is 4.43. The summed E-state index contributed by atoms with van der Waals surface area (Å²) in [7, 11) is 1.72. The van der Waals surface area contributed by atoms with Crippen molar-refractivity contribution in [1.82, 2.24) is 15.0 Å². The first-order valence-electron chi connectivity index (χ1n) is 5.98. The molecule has 1 aliphatic rings. The van der Waals surface area contributed by atoms with Crippen molar-refractivity contribution in [3.05, 3.63) is 5.28 Å². The fraction of sp³-hybridized carbons (Fsp3) is 0.727. The van der Waals surface area contributed by atoms with Crippen LogP contribution >= 0.6 is 11.6 Å². The molecule has 2 atom stereocenters. The molecule has 0 aromatic carbocycles. The van der Waals surface area contributed by atoms with Crippen molar-refractivity contribution in [2.45, 2.75) is 45.0 Å². The fourth-order valence-corrected chi connectivity index (χ4v) is 2.24. The Morgan fingerprint density at radius 2 is 1.89 bits per heavy atom. The summed E-state index contributed by atoms with van der Waals surface area (Å²) in [6, 6.07) is 0.255. The molecule has 2 heterocycles. The number of anilines is 1. The third-order valence-electron chi connectivity index (χ3n) is 2.74. The molecule has 1 aromatic rings. The highest BCUT2D eigenvalue weighted by Crippen LogP contribution is 2.23. The van der Waals surface area contributed by atoms with Crippen molar-refractivity contribution >= 4 is 17.5 Å². The van der Waals surface area contributed by atoms with E-state index >= 15 is 0 Å². The van der Waals surface area contributed by atoms with Gasteiger partial charge in [-0.25, -0.2) is 0 Å². The van der Waals surface area contributed by atoms with Gasteiger partial charge in [-0.15, -0.1) is 0 Å². The first-order valence-corrected chi connectivity index (χ1v) is 6.36. The predicted molar refractivity (Wildman–Crippen MR) is 68.0 cm³/mol. The van der Waals surface area contributed by atoms with E-state index in [2.05, 4.69) is 20.3 Å². The van der Waals surface area contributed by atoms with Gasteiger partial charge in [-0.2, -0.15) is 15.0 Å². The summed E-state index contributed by atoms with van der Waals surface area (Å²) in [5.74, 6) is 0.401. The fourth-order valence-electron chi connectivity index (χ4n) is 2.09. The minimum absolute atomic E-state index is 0.0481. The van der Waals surface area contributed by atoms with Crippen molar-refractivity contribution in [3.8, 4) is 6.01 Å². The van der Waals surface area contributed by atoms with Crippen LogP contribution < -0.4 is 10.1 Å². The van der Waals surface area contributed by atoms with E-state index in [0.29, 0.717) is 5.95 Å². The molecule has 1 fully saturated rings. The van der Waals surface area contributed by atoms with Crippen LogP contribution in [0, 0.1) is 0 Å². The van der Waals surface area contributed by atoms with E-state index in [1.165, 1.54) is 0 Å². The van der Waals surface area contributed by atoms with E-state index in [9.17, 15) is 0 Å². The topological polar surface area (TPSA) is 69.2 Å². The number of halogens is 1. The molecule has 0 saturated carbocycles. The van der Waals surface area contributed by atoms with Gasteiger partial charge in [-0.1, -0.05) is 0 Å². The average Bonchev–Trinajstić information content (AvgIpc) is 2.26. The summed E-state index contributed by atoms with van der Waals surface area (Å²) in [5.41, 5.74) is 0. The van der Waals surface area contributed by atoms with Crippen LogP contribution in [-0.4, -0.2) is 40.3 Å². The maximum absolute atomic E-state index is 5.80. The number of nitrogens with zero attached hydrogens (tertiary/aromatic N) is 3. The summed E-state index contributed by atoms with van der Waals surface area (Å²) >= 11 is 5.80. The molecule has 0 spiro atoms. The molecule has 1 saturated heterocycles. The number of aromatic nitrogens is 3. The standard InChI is InChI=1S/C11H17ClN4O2/c1-6-4-8(5-7(2)17-6)18-11-15-9(12)14-10(13-3)16-11/h6-8H,4-5H2,1-3H3,(H,13,14,15,16). The molecule has 1 N–H and O–H groups in total. The first kappa shape index (κ1) is 13.3. The Bertz CT molecular complexity index is 408. The van der Waals surface area contributed by atoms with Crippen LogP contribution in [0.5, 0.6) is 6.01 Å². The van der Waals surface area contributed by atoms with Crippen LogP contribution in [0.2, 0.25) is 5.28 Å². The third kappa shape index (κ3) is 3.43. The quantitative estimate of drug-likeness (QED) is 0.906. The first-order chi connectivity index (χ1) is 8.56. The van der Waals surface area contributed by atoms with Gasteiger partial charge in [0, 0.05) is 19.9 Å². The van der Waals surface area contributed by atoms with Gasteiger partial charge >= 0.3 is 6.01 Å². The largest absolute Gasteiger partial charge is 0.460 e.